The van der Waals surface area contributed by atoms with Crippen molar-refractivity contribution in [3.63, 3.8) is 0 Å². The highest BCUT2D eigenvalue weighted by Gasteiger charge is 2.03. The monoisotopic (exact) mass is 255 g/mol. The molecule has 0 fully saturated rings. The third-order valence-electron chi connectivity index (χ3n) is 2.96. The molecule has 19 heavy (non-hydrogen) atoms. The van der Waals surface area contributed by atoms with Gasteiger partial charge in [0, 0.05) is 18.4 Å². The number of methoxy groups -OCH3 is 1. The number of nitrogens with two attached hydrogens (primary N) is 1. The second kappa shape index (κ2) is 5.91. The van der Waals surface area contributed by atoms with Gasteiger partial charge >= 0.3 is 0 Å². The first-order valence-electron chi connectivity index (χ1n) is 5.95. The highest BCUT2D eigenvalue weighted by Crippen LogP contribution is 2.25. The van der Waals surface area contributed by atoms with E-state index in [4.69, 9.17) is 10.6 Å². The van der Waals surface area contributed by atoms with Gasteiger partial charge < -0.3 is 15.5 Å². The Morgan fingerprint density at radius 2 is 1.53 bits per heavy atom. The average molecular weight is 255 g/mol. The smallest absolute Gasteiger partial charge is 0.119 e. The summed E-state index contributed by atoms with van der Waals surface area (Å²) in [6.07, 6.45) is 1.62. The number of benzene rings is 2. The summed E-state index contributed by atoms with van der Waals surface area (Å²) in [5, 5.41) is 3.51. The lowest BCUT2D eigenvalue weighted by Crippen LogP contribution is -2.09. The Kier molecular flexibility index (Phi) is 4.03. The first-order chi connectivity index (χ1) is 9.24. The van der Waals surface area contributed by atoms with Crippen LogP contribution in [0.1, 0.15) is 5.56 Å². The molecule has 98 valence electrons. The maximum atomic E-state index is 5.15. The third-order valence-corrected chi connectivity index (χ3v) is 2.96. The summed E-state index contributed by atoms with van der Waals surface area (Å²) >= 11 is 0. The highest BCUT2D eigenvalue weighted by molar-refractivity contribution is 5.80. The van der Waals surface area contributed by atoms with Crippen LogP contribution in [0.15, 0.2) is 53.6 Å². The van der Waals surface area contributed by atoms with Gasteiger partial charge in [-0.3, -0.25) is 0 Å². The van der Waals surface area contributed by atoms with Crippen molar-refractivity contribution in [2.45, 2.75) is 0 Å². The van der Waals surface area contributed by atoms with Crippen molar-refractivity contribution in [1.82, 2.24) is 0 Å². The molecular weight excluding hydrogens is 238 g/mol. The van der Waals surface area contributed by atoms with Crippen LogP contribution in [0, 0.1) is 0 Å². The summed E-state index contributed by atoms with van der Waals surface area (Å²) in [7, 11) is 3.68. The van der Waals surface area contributed by atoms with Gasteiger partial charge in [0.15, 0.2) is 0 Å². The Bertz CT molecular complexity index is 547. The molecule has 0 aromatic heterocycles. The summed E-state index contributed by atoms with van der Waals surface area (Å²) in [5.74, 6) is 5.98. The second-order valence-electron chi connectivity index (χ2n) is 4.13. The SMILES string of the molecule is COc1ccc(N(C)c2ccc(C=NN)cc2)cc1. The maximum absolute atomic E-state index is 5.15. The van der Waals surface area contributed by atoms with E-state index in [-0.39, 0.29) is 0 Å². The minimum Gasteiger partial charge on any atom is -0.497 e. The lowest BCUT2D eigenvalue weighted by molar-refractivity contribution is 0.415. The number of hydrogen-bond acceptors (Lipinski definition) is 4. The van der Waals surface area contributed by atoms with E-state index in [9.17, 15) is 0 Å². The van der Waals surface area contributed by atoms with Gasteiger partial charge in [0.05, 0.1) is 13.3 Å². The number of hydrazone groups is 1. The molecule has 0 atom stereocenters. The van der Waals surface area contributed by atoms with Crippen molar-refractivity contribution in [3.8, 4) is 5.75 Å². The van der Waals surface area contributed by atoms with Crippen LogP contribution in [0.2, 0.25) is 0 Å². The zero-order valence-corrected chi connectivity index (χ0v) is 11.1. The van der Waals surface area contributed by atoms with Crippen LogP contribution in [0.5, 0.6) is 5.75 Å². The molecule has 0 heterocycles. The van der Waals surface area contributed by atoms with Crippen LogP contribution in [0.25, 0.3) is 0 Å². The largest absolute Gasteiger partial charge is 0.497 e. The molecule has 0 saturated carbocycles. The van der Waals surface area contributed by atoms with Crippen LogP contribution in [0.4, 0.5) is 11.4 Å². The van der Waals surface area contributed by atoms with Gasteiger partial charge in [-0.05, 0) is 42.0 Å². The standard InChI is InChI=1S/C15H17N3O/c1-18(14-7-9-15(19-2)10-8-14)13-5-3-12(4-6-13)11-17-16/h3-11H,16H2,1-2H3. The van der Waals surface area contributed by atoms with Crippen LogP contribution >= 0.6 is 0 Å². The Balaban J connectivity index is 2.19. The zero-order chi connectivity index (χ0) is 13.7. The van der Waals surface area contributed by atoms with Crippen molar-refractivity contribution in [2.24, 2.45) is 10.9 Å². The van der Waals surface area contributed by atoms with Gasteiger partial charge in [-0.2, -0.15) is 5.10 Å². The van der Waals surface area contributed by atoms with Gasteiger partial charge in [-0.1, -0.05) is 12.1 Å². The Labute approximate surface area is 113 Å². The van der Waals surface area contributed by atoms with Gasteiger partial charge in [0.2, 0.25) is 0 Å². The van der Waals surface area contributed by atoms with Crippen LogP contribution in [-0.2, 0) is 0 Å². The van der Waals surface area contributed by atoms with E-state index in [0.717, 1.165) is 22.7 Å². The fourth-order valence-electron chi connectivity index (χ4n) is 1.82. The van der Waals surface area contributed by atoms with E-state index in [1.54, 1.807) is 13.3 Å². The summed E-state index contributed by atoms with van der Waals surface area (Å²) < 4.78 is 5.15. The van der Waals surface area contributed by atoms with Crippen molar-refractivity contribution in [3.05, 3.63) is 54.1 Å². The third kappa shape index (κ3) is 3.04. The average Bonchev–Trinajstić information content (AvgIpc) is 2.48. The Morgan fingerprint density at radius 3 is 2.00 bits per heavy atom. The van der Waals surface area contributed by atoms with Gasteiger partial charge in [0.1, 0.15) is 5.75 Å². The Morgan fingerprint density at radius 1 is 1.00 bits per heavy atom. The Hall–Kier alpha value is -2.49. The molecule has 2 rings (SSSR count). The molecule has 0 spiro atoms. The maximum Gasteiger partial charge on any atom is 0.119 e. The second-order valence-corrected chi connectivity index (χ2v) is 4.13. The lowest BCUT2D eigenvalue weighted by atomic mass is 10.2. The van der Waals surface area contributed by atoms with E-state index < -0.39 is 0 Å². The highest BCUT2D eigenvalue weighted by atomic mass is 16.5. The summed E-state index contributed by atoms with van der Waals surface area (Å²) in [4.78, 5) is 2.10. The molecule has 2 aromatic rings. The summed E-state index contributed by atoms with van der Waals surface area (Å²) in [6.45, 7) is 0. The summed E-state index contributed by atoms with van der Waals surface area (Å²) in [5.41, 5.74) is 3.18. The van der Waals surface area contributed by atoms with Crippen LogP contribution in [-0.4, -0.2) is 20.4 Å². The summed E-state index contributed by atoms with van der Waals surface area (Å²) in [6, 6.07) is 15.9. The van der Waals surface area contributed by atoms with E-state index in [2.05, 4.69) is 10.0 Å². The molecule has 4 nitrogen and oxygen atoms in total. The predicted molar refractivity (Wildman–Crippen MR) is 79.3 cm³/mol. The number of nitrogens with zero attached hydrogens (tertiary/aromatic N) is 2. The van der Waals surface area contributed by atoms with Crippen LogP contribution < -0.4 is 15.5 Å². The van der Waals surface area contributed by atoms with Gasteiger partial charge in [-0.15, -0.1) is 0 Å². The first kappa shape index (κ1) is 13.0. The van der Waals surface area contributed by atoms with E-state index in [0.29, 0.717) is 0 Å². The number of ether oxygens (including phenoxy) is 1. The minimum atomic E-state index is 0.853. The molecular formula is C15H17N3O. The number of anilines is 2. The fourth-order valence-corrected chi connectivity index (χ4v) is 1.82. The molecule has 4 heteroatoms. The van der Waals surface area contributed by atoms with Crippen molar-refractivity contribution in [1.29, 1.82) is 0 Å². The van der Waals surface area contributed by atoms with Gasteiger partial charge in [-0.25, -0.2) is 0 Å². The lowest BCUT2D eigenvalue weighted by Gasteiger charge is -2.19. The molecule has 0 bridgehead atoms. The molecule has 0 unspecified atom stereocenters. The van der Waals surface area contributed by atoms with Crippen LogP contribution in [0.3, 0.4) is 0 Å². The molecule has 0 aliphatic heterocycles. The van der Waals surface area contributed by atoms with Crippen molar-refractivity contribution in [2.75, 3.05) is 19.1 Å². The van der Waals surface area contributed by atoms with Crippen molar-refractivity contribution >= 4 is 17.6 Å². The van der Waals surface area contributed by atoms with Gasteiger partial charge in [0.25, 0.3) is 0 Å². The zero-order valence-electron chi connectivity index (χ0n) is 11.1. The molecule has 2 aromatic carbocycles. The molecule has 0 amide bonds. The number of rotatable bonds is 4. The topological polar surface area (TPSA) is 50.8 Å². The molecule has 0 radical (unpaired) electrons. The van der Waals surface area contributed by atoms with E-state index in [1.807, 2.05) is 55.6 Å². The number of hydrogen-bond donors (Lipinski definition) is 1. The molecule has 2 N–H and O–H groups in total. The first-order valence-corrected chi connectivity index (χ1v) is 5.95. The molecule has 0 aliphatic carbocycles. The minimum absolute atomic E-state index is 0.853. The molecule has 0 saturated heterocycles. The van der Waals surface area contributed by atoms with E-state index in [1.165, 1.54) is 0 Å². The quantitative estimate of drug-likeness (QED) is 0.519. The molecule has 0 aliphatic rings. The normalized spacial score (nSPS) is 10.6. The fraction of sp³-hybridized carbons (Fsp3) is 0.133. The predicted octanol–water partition coefficient (Wildman–Crippen LogP) is 2.76. The van der Waals surface area contributed by atoms with Crippen molar-refractivity contribution < 1.29 is 4.74 Å². The van der Waals surface area contributed by atoms with E-state index >= 15 is 0 Å².